The zero-order chi connectivity index (χ0) is 22.4. The zero-order valence-corrected chi connectivity index (χ0v) is 19.2. The summed E-state index contributed by atoms with van der Waals surface area (Å²) in [6.45, 7) is 5.80. The first-order chi connectivity index (χ1) is 14.9. The first-order valence-corrected chi connectivity index (χ1v) is 11.2. The monoisotopic (exact) mass is 456 g/mol. The summed E-state index contributed by atoms with van der Waals surface area (Å²) in [6.07, 6.45) is 1.34. The van der Waals surface area contributed by atoms with E-state index >= 15 is 0 Å². The second kappa shape index (κ2) is 10.3. The number of benzene rings is 2. The molecule has 0 spiro atoms. The van der Waals surface area contributed by atoms with Crippen molar-refractivity contribution < 1.29 is 14.3 Å². The summed E-state index contributed by atoms with van der Waals surface area (Å²) in [5.74, 6) is 0.234. The van der Waals surface area contributed by atoms with Crippen LogP contribution in [0.25, 0.3) is 10.2 Å². The van der Waals surface area contributed by atoms with Crippen molar-refractivity contribution in [1.29, 1.82) is 0 Å². The van der Waals surface area contributed by atoms with Gasteiger partial charge in [-0.1, -0.05) is 31.3 Å². The van der Waals surface area contributed by atoms with Gasteiger partial charge in [-0.15, -0.1) is 0 Å². The molecule has 0 saturated heterocycles. The molecule has 7 nitrogen and oxygen atoms in total. The highest BCUT2D eigenvalue weighted by atomic mass is 32.1. The predicted octanol–water partition coefficient (Wildman–Crippen LogP) is 4.95. The van der Waals surface area contributed by atoms with Gasteiger partial charge in [0, 0.05) is 17.7 Å². The van der Waals surface area contributed by atoms with E-state index in [0.29, 0.717) is 28.6 Å². The number of carbonyl (C=O) groups is 2. The van der Waals surface area contributed by atoms with E-state index in [0.717, 1.165) is 16.6 Å². The number of ether oxygens (including phenoxy) is 1. The highest BCUT2D eigenvalue weighted by Crippen LogP contribution is 2.28. The summed E-state index contributed by atoms with van der Waals surface area (Å²) >= 11 is 6.66. The van der Waals surface area contributed by atoms with Gasteiger partial charge in [-0.2, -0.15) is 0 Å². The fraction of sp³-hybridized carbons (Fsp3) is 0.273. The number of carbonyl (C=O) groups excluding carboxylic acids is 2. The fourth-order valence-electron chi connectivity index (χ4n) is 2.63. The van der Waals surface area contributed by atoms with Crippen LogP contribution in [-0.4, -0.2) is 28.0 Å². The number of hydrogen-bond donors (Lipinski definition) is 3. The third kappa shape index (κ3) is 6.22. The Morgan fingerprint density at radius 1 is 1.16 bits per heavy atom. The van der Waals surface area contributed by atoms with Crippen molar-refractivity contribution >= 4 is 61.5 Å². The van der Waals surface area contributed by atoms with Crippen LogP contribution in [0.4, 0.5) is 10.8 Å². The maximum absolute atomic E-state index is 12.6. The summed E-state index contributed by atoms with van der Waals surface area (Å²) in [7, 11) is 0. The number of fused-ring (bicyclic) bond motifs is 1. The van der Waals surface area contributed by atoms with E-state index in [1.54, 1.807) is 25.1 Å². The third-order valence-corrected chi connectivity index (χ3v) is 5.59. The largest absolute Gasteiger partial charge is 0.491 e. The summed E-state index contributed by atoms with van der Waals surface area (Å²) < 4.78 is 6.66. The van der Waals surface area contributed by atoms with E-state index in [1.807, 2.05) is 38.1 Å². The van der Waals surface area contributed by atoms with Crippen molar-refractivity contribution in [2.45, 2.75) is 39.7 Å². The Labute approximate surface area is 190 Å². The van der Waals surface area contributed by atoms with Crippen LogP contribution in [0.15, 0.2) is 42.5 Å². The van der Waals surface area contributed by atoms with Gasteiger partial charge in [0.15, 0.2) is 10.2 Å². The van der Waals surface area contributed by atoms with Gasteiger partial charge in [0.25, 0.3) is 5.91 Å². The van der Waals surface area contributed by atoms with Gasteiger partial charge in [0.2, 0.25) is 5.91 Å². The molecule has 0 radical (unpaired) electrons. The molecule has 162 valence electrons. The van der Waals surface area contributed by atoms with Crippen molar-refractivity contribution in [1.82, 2.24) is 10.3 Å². The van der Waals surface area contributed by atoms with E-state index in [1.165, 1.54) is 11.3 Å². The van der Waals surface area contributed by atoms with Crippen LogP contribution < -0.4 is 20.7 Å². The summed E-state index contributed by atoms with van der Waals surface area (Å²) in [6, 6.07) is 12.5. The number of aromatic nitrogens is 1. The fourth-order valence-corrected chi connectivity index (χ4v) is 3.76. The minimum Gasteiger partial charge on any atom is -0.491 e. The van der Waals surface area contributed by atoms with Crippen molar-refractivity contribution in [3.05, 3.63) is 48.0 Å². The average Bonchev–Trinajstić information content (AvgIpc) is 3.14. The summed E-state index contributed by atoms with van der Waals surface area (Å²) in [4.78, 5) is 28.5. The van der Waals surface area contributed by atoms with E-state index < -0.39 is 0 Å². The molecule has 2 aromatic carbocycles. The smallest absolute Gasteiger partial charge is 0.257 e. The van der Waals surface area contributed by atoms with Gasteiger partial charge >= 0.3 is 0 Å². The molecular weight excluding hydrogens is 432 g/mol. The standard InChI is InChI=1S/C22H24N4O3S2/c1-4-13(3)29-16-8-6-7-14(11-16)20(28)26-21(30)23-15-9-10-17-18(12-15)31-22(24-17)25-19(27)5-2/h6-13H,4-5H2,1-3H3,(H,24,25,27)(H2,23,26,28,30)/t13-/m0/s1. The molecule has 3 aromatic rings. The Kier molecular flexibility index (Phi) is 7.54. The van der Waals surface area contributed by atoms with E-state index in [4.69, 9.17) is 17.0 Å². The molecule has 1 aromatic heterocycles. The molecule has 0 bridgehead atoms. The Morgan fingerprint density at radius 3 is 2.71 bits per heavy atom. The Hall–Kier alpha value is -3.04. The van der Waals surface area contributed by atoms with Crippen molar-refractivity contribution in [2.75, 3.05) is 10.6 Å². The van der Waals surface area contributed by atoms with Crippen molar-refractivity contribution in [3.8, 4) is 5.75 Å². The van der Waals surface area contributed by atoms with Crippen LogP contribution >= 0.6 is 23.6 Å². The number of nitrogens with zero attached hydrogens (tertiary/aromatic N) is 1. The number of amides is 2. The Morgan fingerprint density at radius 2 is 1.97 bits per heavy atom. The molecule has 3 N–H and O–H groups in total. The van der Waals surface area contributed by atoms with E-state index in [2.05, 4.69) is 20.9 Å². The first kappa shape index (κ1) is 22.6. The SMILES string of the molecule is CCC(=O)Nc1nc2ccc(NC(=S)NC(=O)c3cccc(O[C@@H](C)CC)c3)cc2s1. The third-order valence-electron chi connectivity index (χ3n) is 4.45. The molecule has 0 aliphatic rings. The maximum Gasteiger partial charge on any atom is 0.257 e. The molecule has 31 heavy (non-hydrogen) atoms. The minimum absolute atomic E-state index is 0.0681. The molecule has 1 atom stereocenters. The second-order valence-corrected chi connectivity index (χ2v) is 8.31. The predicted molar refractivity (Wildman–Crippen MR) is 129 cm³/mol. The van der Waals surface area contributed by atoms with Crippen LogP contribution in [0.5, 0.6) is 5.75 Å². The highest BCUT2D eigenvalue weighted by Gasteiger charge is 2.11. The van der Waals surface area contributed by atoms with E-state index in [-0.39, 0.29) is 23.0 Å². The summed E-state index contributed by atoms with van der Waals surface area (Å²) in [5.41, 5.74) is 1.94. The number of nitrogens with one attached hydrogen (secondary N) is 3. The van der Waals surface area contributed by atoms with Crippen molar-refractivity contribution in [3.63, 3.8) is 0 Å². The first-order valence-electron chi connectivity index (χ1n) is 9.97. The van der Waals surface area contributed by atoms with Crippen LogP contribution in [-0.2, 0) is 4.79 Å². The molecule has 0 saturated carbocycles. The maximum atomic E-state index is 12.6. The average molecular weight is 457 g/mol. The molecular formula is C22H24N4O3S2. The molecule has 0 aliphatic heterocycles. The van der Waals surface area contributed by atoms with Gasteiger partial charge in [0.1, 0.15) is 5.75 Å². The number of hydrogen-bond acceptors (Lipinski definition) is 6. The molecule has 0 fully saturated rings. The van der Waals surface area contributed by atoms with Crippen LogP contribution in [0, 0.1) is 0 Å². The second-order valence-electron chi connectivity index (χ2n) is 6.88. The number of thiazole rings is 1. The molecule has 9 heteroatoms. The lowest BCUT2D eigenvalue weighted by Gasteiger charge is -2.14. The molecule has 0 unspecified atom stereocenters. The van der Waals surface area contributed by atoms with Crippen LogP contribution in [0.3, 0.4) is 0 Å². The zero-order valence-electron chi connectivity index (χ0n) is 17.5. The topological polar surface area (TPSA) is 92.4 Å². The number of rotatable bonds is 7. The van der Waals surface area contributed by atoms with Gasteiger partial charge in [-0.05, 0) is 62.0 Å². The lowest BCUT2D eigenvalue weighted by atomic mass is 10.2. The Balaban J connectivity index is 1.63. The number of anilines is 2. The minimum atomic E-state index is -0.324. The van der Waals surface area contributed by atoms with Gasteiger partial charge in [-0.3, -0.25) is 14.9 Å². The number of thiocarbonyl (C=S) groups is 1. The summed E-state index contributed by atoms with van der Waals surface area (Å²) in [5, 5.41) is 9.19. The van der Waals surface area contributed by atoms with Crippen molar-refractivity contribution in [2.24, 2.45) is 0 Å². The molecule has 2 amide bonds. The van der Waals surface area contributed by atoms with Gasteiger partial charge in [-0.25, -0.2) is 4.98 Å². The van der Waals surface area contributed by atoms with E-state index in [9.17, 15) is 9.59 Å². The molecule has 0 aliphatic carbocycles. The quantitative estimate of drug-likeness (QED) is 0.436. The van der Waals surface area contributed by atoms with Gasteiger partial charge < -0.3 is 15.4 Å². The Bertz CT molecular complexity index is 1110. The normalized spacial score (nSPS) is 11.6. The van der Waals surface area contributed by atoms with Gasteiger partial charge in [0.05, 0.1) is 16.3 Å². The molecule has 3 rings (SSSR count). The lowest BCUT2D eigenvalue weighted by molar-refractivity contribution is -0.115. The van der Waals surface area contributed by atoms with Crippen LogP contribution in [0.1, 0.15) is 44.0 Å². The lowest BCUT2D eigenvalue weighted by Crippen LogP contribution is -2.34. The van der Waals surface area contributed by atoms with Crippen LogP contribution in [0.2, 0.25) is 0 Å². The molecule has 1 heterocycles. The highest BCUT2D eigenvalue weighted by molar-refractivity contribution is 7.80.